The van der Waals surface area contributed by atoms with Crippen molar-refractivity contribution in [3.8, 4) is 11.5 Å². The lowest BCUT2D eigenvalue weighted by Crippen LogP contribution is -2.13. The number of hydrogen-bond acceptors (Lipinski definition) is 3. The zero-order chi connectivity index (χ0) is 21.5. The fourth-order valence-electron chi connectivity index (χ4n) is 3.75. The van der Waals surface area contributed by atoms with Crippen molar-refractivity contribution in [3.05, 3.63) is 81.9 Å². The molecule has 0 N–H and O–H groups in total. The number of rotatable bonds is 10. The highest BCUT2D eigenvalue weighted by atomic mass is 79.9. The molecule has 0 bridgehead atoms. The van der Waals surface area contributed by atoms with E-state index in [1.54, 1.807) is 14.2 Å². The van der Waals surface area contributed by atoms with Crippen LogP contribution in [-0.4, -0.2) is 45.4 Å². The van der Waals surface area contributed by atoms with Gasteiger partial charge in [0.05, 0.1) is 14.2 Å². The molecule has 0 heterocycles. The summed E-state index contributed by atoms with van der Waals surface area (Å²) in [6.45, 7) is 1.05. The molecule has 0 saturated heterocycles. The quantitative estimate of drug-likeness (QED) is 0.360. The number of methoxy groups -OCH3 is 2. The maximum absolute atomic E-state index is 5.66. The maximum atomic E-state index is 5.66. The Labute approximate surface area is 190 Å². The van der Waals surface area contributed by atoms with Crippen molar-refractivity contribution in [1.82, 2.24) is 4.90 Å². The molecule has 1 unspecified atom stereocenters. The molecule has 2 aromatic carbocycles. The van der Waals surface area contributed by atoms with E-state index in [4.69, 9.17) is 9.47 Å². The molecule has 30 heavy (non-hydrogen) atoms. The van der Waals surface area contributed by atoms with Crippen LogP contribution >= 0.6 is 23.9 Å². The lowest BCUT2D eigenvalue weighted by Gasteiger charge is -2.26. The van der Waals surface area contributed by atoms with E-state index >= 15 is 0 Å². The van der Waals surface area contributed by atoms with Crippen LogP contribution in [0.15, 0.2) is 70.7 Å². The van der Waals surface area contributed by atoms with Gasteiger partial charge in [-0.25, -0.2) is 0 Å². The van der Waals surface area contributed by atoms with Crippen LogP contribution in [0.3, 0.4) is 0 Å². The molecule has 0 fully saturated rings. The number of benzene rings is 2. The van der Waals surface area contributed by atoms with Crippen LogP contribution in [-0.2, 0) is 12.3 Å². The van der Waals surface area contributed by atoms with Crippen LogP contribution in [0, 0.1) is 0 Å². The summed E-state index contributed by atoms with van der Waals surface area (Å²) in [6.07, 6.45) is 7.78. The van der Waals surface area contributed by atoms with Gasteiger partial charge in [0.15, 0.2) is 0 Å². The third-order valence-electron chi connectivity index (χ3n) is 5.40. The zero-order valence-electron chi connectivity index (χ0n) is 18.3. The number of allylic oxidation sites excluding steroid dienone is 3. The Kier molecular flexibility index (Phi) is 8.56. The third-order valence-corrected chi connectivity index (χ3v) is 9.47. The van der Waals surface area contributed by atoms with Gasteiger partial charge in [-0.15, -0.1) is 0 Å². The fourth-order valence-corrected chi connectivity index (χ4v) is 7.82. The molecule has 1 aliphatic rings. The van der Waals surface area contributed by atoms with Crippen molar-refractivity contribution in [2.45, 2.75) is 24.4 Å². The summed E-state index contributed by atoms with van der Waals surface area (Å²) >= 11 is 3.97. The van der Waals surface area contributed by atoms with Crippen LogP contribution in [0.25, 0.3) is 0 Å². The van der Waals surface area contributed by atoms with Crippen molar-refractivity contribution in [1.29, 1.82) is 0 Å². The molecule has 2 aromatic rings. The lowest BCUT2D eigenvalue weighted by atomic mass is 10.2. The molecule has 5 heteroatoms. The second-order valence-corrected chi connectivity index (χ2v) is 11.0. The minimum absolute atomic E-state index is 0.409. The van der Waals surface area contributed by atoms with Gasteiger partial charge >= 0.3 is 0 Å². The van der Waals surface area contributed by atoms with Crippen molar-refractivity contribution >= 4 is 23.9 Å². The lowest BCUT2D eigenvalue weighted by molar-refractivity contribution is 0.411. The third kappa shape index (κ3) is 5.75. The van der Waals surface area contributed by atoms with Gasteiger partial charge in [-0.3, -0.25) is 0 Å². The van der Waals surface area contributed by atoms with Crippen LogP contribution in [0.1, 0.15) is 17.5 Å². The minimum atomic E-state index is -0.415. The van der Waals surface area contributed by atoms with E-state index in [1.807, 2.05) is 12.1 Å². The highest BCUT2D eigenvalue weighted by Crippen LogP contribution is 2.56. The highest BCUT2D eigenvalue weighted by molar-refractivity contribution is 9.11. The summed E-state index contributed by atoms with van der Waals surface area (Å²) < 4.78 is 12.7. The highest BCUT2D eigenvalue weighted by Gasteiger charge is 2.28. The molecule has 1 atom stereocenters. The number of ether oxygens (including phenoxy) is 2. The number of halogens is 1. The van der Waals surface area contributed by atoms with Gasteiger partial charge in [0.2, 0.25) is 0 Å². The first-order valence-corrected chi connectivity index (χ1v) is 12.8. The Hall–Kier alpha value is -1.61. The monoisotopic (exact) mass is 487 g/mol. The molecular weight excluding hydrogens is 457 g/mol. The zero-order valence-corrected chi connectivity index (χ0v) is 20.7. The summed E-state index contributed by atoms with van der Waals surface area (Å²) in [5.74, 6) is 1.94. The Morgan fingerprint density at radius 3 is 1.93 bits per heavy atom. The Morgan fingerprint density at radius 2 is 1.43 bits per heavy atom. The fraction of sp³-hybridized carbons (Fsp3) is 0.360. The van der Waals surface area contributed by atoms with Crippen molar-refractivity contribution in [3.63, 3.8) is 0 Å². The molecule has 160 valence electrons. The van der Waals surface area contributed by atoms with Gasteiger partial charge in [-0.1, -0.05) is 72.4 Å². The van der Waals surface area contributed by atoms with Gasteiger partial charge in [0, 0.05) is 16.7 Å². The SMILES string of the molecule is COc1ccccc1CP(Cc1ccccc1OC)C1C=CC(CCN(C)C)=C1Br. The Balaban J connectivity index is 1.90. The average Bonchev–Trinajstić information content (AvgIpc) is 3.12. The molecule has 0 amide bonds. The predicted molar refractivity (Wildman–Crippen MR) is 132 cm³/mol. The predicted octanol–water partition coefficient (Wildman–Crippen LogP) is 6.43. The topological polar surface area (TPSA) is 21.7 Å². The summed E-state index contributed by atoms with van der Waals surface area (Å²) in [4.78, 5) is 2.24. The van der Waals surface area contributed by atoms with E-state index in [2.05, 4.69) is 83.5 Å². The smallest absolute Gasteiger partial charge is 0.122 e. The molecular formula is C25H31BrNO2P. The van der Waals surface area contributed by atoms with Crippen molar-refractivity contribution in [2.75, 3.05) is 34.9 Å². The number of nitrogens with zero attached hydrogens (tertiary/aromatic N) is 1. The molecule has 0 aromatic heterocycles. The number of hydrogen-bond donors (Lipinski definition) is 0. The molecule has 0 aliphatic heterocycles. The largest absolute Gasteiger partial charge is 0.496 e. The van der Waals surface area contributed by atoms with Gasteiger partial charge < -0.3 is 14.4 Å². The van der Waals surface area contributed by atoms with Gasteiger partial charge in [-0.2, -0.15) is 0 Å². The number of para-hydroxylation sites is 2. The van der Waals surface area contributed by atoms with Crippen LogP contribution in [0.2, 0.25) is 0 Å². The molecule has 1 aliphatic carbocycles. The van der Waals surface area contributed by atoms with E-state index in [9.17, 15) is 0 Å². The summed E-state index contributed by atoms with van der Waals surface area (Å²) in [6, 6.07) is 16.8. The summed E-state index contributed by atoms with van der Waals surface area (Å²) in [5, 5.41) is 0. The molecule has 3 rings (SSSR count). The second-order valence-electron chi connectivity index (χ2n) is 7.76. The van der Waals surface area contributed by atoms with Gasteiger partial charge in [-0.05, 0) is 61.7 Å². The Morgan fingerprint density at radius 1 is 0.900 bits per heavy atom. The first-order chi connectivity index (χ1) is 14.5. The van der Waals surface area contributed by atoms with E-state index < -0.39 is 7.92 Å². The second kappa shape index (κ2) is 11.1. The average molecular weight is 488 g/mol. The van der Waals surface area contributed by atoms with Crippen LogP contribution in [0.5, 0.6) is 11.5 Å². The molecule has 3 nitrogen and oxygen atoms in total. The molecule has 0 radical (unpaired) electrons. The molecule has 0 saturated carbocycles. The van der Waals surface area contributed by atoms with Gasteiger partial charge in [0.1, 0.15) is 11.5 Å². The first-order valence-electron chi connectivity index (χ1n) is 10.2. The van der Waals surface area contributed by atoms with E-state index in [0.717, 1.165) is 36.8 Å². The minimum Gasteiger partial charge on any atom is -0.496 e. The summed E-state index contributed by atoms with van der Waals surface area (Å²) in [5.41, 5.74) is 4.38. The van der Waals surface area contributed by atoms with Crippen molar-refractivity contribution in [2.24, 2.45) is 0 Å². The van der Waals surface area contributed by atoms with Crippen LogP contribution in [0.4, 0.5) is 0 Å². The van der Waals surface area contributed by atoms with E-state index in [1.165, 1.54) is 21.2 Å². The first kappa shape index (κ1) is 23.1. The van der Waals surface area contributed by atoms with Crippen LogP contribution < -0.4 is 9.47 Å². The van der Waals surface area contributed by atoms with Crippen molar-refractivity contribution < 1.29 is 9.47 Å². The molecule has 0 spiro atoms. The standard InChI is InChI=1S/C25H31BrNO2P/c1-27(2)16-15-19-13-14-24(25(19)26)30(17-20-9-5-7-11-22(20)28-3)18-21-10-6-8-12-23(21)29-4/h5-14,24H,15-18H2,1-4H3. The van der Waals surface area contributed by atoms with E-state index in [-0.39, 0.29) is 0 Å². The summed E-state index contributed by atoms with van der Waals surface area (Å²) in [7, 11) is 7.35. The Bertz CT molecular complexity index is 860. The van der Waals surface area contributed by atoms with E-state index in [0.29, 0.717) is 5.66 Å². The normalized spacial score (nSPS) is 16.0. The van der Waals surface area contributed by atoms with Gasteiger partial charge in [0.25, 0.3) is 0 Å². The maximum Gasteiger partial charge on any atom is 0.122 e.